The first kappa shape index (κ1) is 11.6. The maximum atomic E-state index is 5.81. The topological polar surface area (TPSA) is 77.8 Å². The third-order valence-corrected chi connectivity index (χ3v) is 3.49. The first-order valence-corrected chi connectivity index (χ1v) is 6.42. The van der Waals surface area contributed by atoms with E-state index in [1.165, 1.54) is 0 Å². The van der Waals surface area contributed by atoms with Gasteiger partial charge < -0.3 is 10.3 Å². The van der Waals surface area contributed by atoms with Crippen LogP contribution in [0.4, 0.5) is 0 Å². The molecule has 0 amide bonds. The second-order valence-corrected chi connectivity index (χ2v) is 5.04. The zero-order valence-electron chi connectivity index (χ0n) is 9.45. The van der Waals surface area contributed by atoms with Gasteiger partial charge in [0.1, 0.15) is 5.69 Å². The maximum absolute atomic E-state index is 5.81. The Morgan fingerprint density at radius 1 is 1.39 bits per heavy atom. The Kier molecular flexibility index (Phi) is 2.97. The monoisotopic (exact) mass is 306 g/mol. The third kappa shape index (κ3) is 2.09. The average molecular weight is 307 g/mol. The van der Waals surface area contributed by atoms with E-state index in [9.17, 15) is 0 Å². The van der Waals surface area contributed by atoms with Crippen LogP contribution in [0.2, 0.25) is 0 Å². The van der Waals surface area contributed by atoms with Crippen molar-refractivity contribution in [3.05, 3.63) is 40.8 Å². The van der Waals surface area contributed by atoms with Crippen LogP contribution in [0.15, 0.2) is 39.5 Å². The number of halogens is 1. The molecule has 2 aromatic rings. The van der Waals surface area contributed by atoms with Crippen LogP contribution < -0.4 is 5.73 Å². The molecule has 0 bridgehead atoms. The average Bonchev–Trinajstić information content (AvgIpc) is 2.98. The van der Waals surface area contributed by atoms with E-state index in [2.05, 4.69) is 31.1 Å². The molecule has 18 heavy (non-hydrogen) atoms. The molecule has 1 aliphatic rings. The van der Waals surface area contributed by atoms with Crippen LogP contribution in [0.3, 0.4) is 0 Å². The second-order valence-electron chi connectivity index (χ2n) is 4.18. The van der Waals surface area contributed by atoms with Crippen molar-refractivity contribution in [1.82, 2.24) is 15.1 Å². The van der Waals surface area contributed by atoms with Crippen molar-refractivity contribution < 1.29 is 4.52 Å². The molecule has 0 fully saturated rings. The minimum atomic E-state index is 0.0759. The Hall–Kier alpha value is -1.53. The van der Waals surface area contributed by atoms with Crippen molar-refractivity contribution in [3.8, 4) is 11.5 Å². The van der Waals surface area contributed by atoms with Crippen LogP contribution in [0.5, 0.6) is 0 Å². The molecule has 0 saturated heterocycles. The van der Waals surface area contributed by atoms with Crippen LogP contribution in [0, 0.1) is 0 Å². The first-order valence-electron chi connectivity index (χ1n) is 5.62. The fraction of sp³-hybridized carbons (Fsp3) is 0.250. The largest absolute Gasteiger partial charge is 0.338 e. The van der Waals surface area contributed by atoms with Gasteiger partial charge in [0, 0.05) is 16.7 Å². The van der Waals surface area contributed by atoms with Gasteiger partial charge in [-0.1, -0.05) is 17.3 Å². The lowest BCUT2D eigenvalue weighted by Gasteiger charge is -2.02. The highest BCUT2D eigenvalue weighted by atomic mass is 79.9. The van der Waals surface area contributed by atoms with Crippen molar-refractivity contribution >= 4 is 15.9 Å². The van der Waals surface area contributed by atoms with Crippen molar-refractivity contribution in [3.63, 3.8) is 0 Å². The molecule has 1 aliphatic carbocycles. The molecule has 0 spiro atoms. The molecule has 2 N–H and O–H groups in total. The highest BCUT2D eigenvalue weighted by Crippen LogP contribution is 2.29. The molecule has 5 nitrogen and oxygen atoms in total. The number of aromatic nitrogens is 3. The van der Waals surface area contributed by atoms with Gasteiger partial charge in [-0.2, -0.15) is 4.98 Å². The molecule has 6 heteroatoms. The summed E-state index contributed by atoms with van der Waals surface area (Å²) in [5.74, 6) is 1.20. The summed E-state index contributed by atoms with van der Waals surface area (Å²) in [5, 5.41) is 3.96. The molecule has 3 rings (SSSR count). The van der Waals surface area contributed by atoms with Gasteiger partial charge in [-0.25, -0.2) is 0 Å². The van der Waals surface area contributed by atoms with E-state index >= 15 is 0 Å². The summed E-state index contributed by atoms with van der Waals surface area (Å²) < 4.78 is 6.12. The summed E-state index contributed by atoms with van der Waals surface area (Å²) in [6, 6.07) is 3.81. The first-order chi connectivity index (χ1) is 8.74. The summed E-state index contributed by atoms with van der Waals surface area (Å²) >= 11 is 3.42. The number of allylic oxidation sites excluding steroid dienone is 1. The molecule has 92 valence electrons. The van der Waals surface area contributed by atoms with Crippen LogP contribution in [-0.2, 0) is 0 Å². The lowest BCUT2D eigenvalue weighted by atomic mass is 10.1. The van der Waals surface area contributed by atoms with E-state index in [1.807, 2.05) is 24.3 Å². The van der Waals surface area contributed by atoms with Crippen LogP contribution in [-0.4, -0.2) is 21.2 Å². The van der Waals surface area contributed by atoms with Gasteiger partial charge in [-0.15, -0.1) is 0 Å². The maximum Gasteiger partial charge on any atom is 0.234 e. The number of nitrogens with two attached hydrogens (primary N) is 1. The van der Waals surface area contributed by atoms with E-state index in [0.717, 1.165) is 10.9 Å². The standard InChI is InChI=1S/C12H11BrN4O/c13-9-2-1-5-15-10(9)11-16-12(18-17-11)7-3-4-8(14)6-7/h1-5,7-8H,6,14H2. The zero-order chi connectivity index (χ0) is 12.5. The molecule has 0 aliphatic heterocycles. The number of pyridine rings is 1. The van der Waals surface area contributed by atoms with Crippen molar-refractivity contribution in [2.45, 2.75) is 18.4 Å². The molecule has 2 heterocycles. The molecule has 0 aromatic carbocycles. The summed E-state index contributed by atoms with van der Waals surface area (Å²) in [6.07, 6.45) is 6.48. The zero-order valence-corrected chi connectivity index (χ0v) is 11.0. The summed E-state index contributed by atoms with van der Waals surface area (Å²) in [5.41, 5.74) is 6.49. The Morgan fingerprint density at radius 2 is 2.28 bits per heavy atom. The minimum absolute atomic E-state index is 0.0759. The summed E-state index contributed by atoms with van der Waals surface area (Å²) in [6.45, 7) is 0. The van der Waals surface area contributed by atoms with E-state index < -0.39 is 0 Å². The van der Waals surface area contributed by atoms with Gasteiger partial charge >= 0.3 is 0 Å². The quantitative estimate of drug-likeness (QED) is 0.861. The van der Waals surface area contributed by atoms with Gasteiger partial charge in [-0.05, 0) is 34.5 Å². The molecule has 2 aromatic heterocycles. The fourth-order valence-electron chi connectivity index (χ4n) is 1.94. The van der Waals surface area contributed by atoms with Crippen LogP contribution in [0.25, 0.3) is 11.5 Å². The predicted molar refractivity (Wildman–Crippen MR) is 69.7 cm³/mol. The molecular formula is C12H11BrN4O. The molecule has 0 saturated carbocycles. The normalized spacial score (nSPS) is 22.6. The highest BCUT2D eigenvalue weighted by molar-refractivity contribution is 9.10. The lowest BCUT2D eigenvalue weighted by Crippen LogP contribution is -2.14. The van der Waals surface area contributed by atoms with Gasteiger partial charge in [0.2, 0.25) is 11.7 Å². The molecular weight excluding hydrogens is 296 g/mol. The molecule has 0 radical (unpaired) electrons. The third-order valence-electron chi connectivity index (χ3n) is 2.85. The Bertz CT molecular complexity index is 595. The van der Waals surface area contributed by atoms with E-state index in [1.54, 1.807) is 6.20 Å². The number of nitrogens with zero attached hydrogens (tertiary/aromatic N) is 3. The SMILES string of the molecule is NC1C=CC(c2nc(-c3ncccc3Br)no2)C1. The summed E-state index contributed by atoms with van der Waals surface area (Å²) in [7, 11) is 0. The Balaban J connectivity index is 1.91. The van der Waals surface area contributed by atoms with Gasteiger partial charge in [0.25, 0.3) is 0 Å². The highest BCUT2D eigenvalue weighted by Gasteiger charge is 2.23. The van der Waals surface area contributed by atoms with Crippen LogP contribution >= 0.6 is 15.9 Å². The van der Waals surface area contributed by atoms with Gasteiger partial charge in [0.15, 0.2) is 0 Å². The minimum Gasteiger partial charge on any atom is -0.338 e. The van der Waals surface area contributed by atoms with Crippen molar-refractivity contribution in [1.29, 1.82) is 0 Å². The molecule has 2 unspecified atom stereocenters. The number of hydrogen-bond donors (Lipinski definition) is 1. The number of hydrogen-bond acceptors (Lipinski definition) is 5. The van der Waals surface area contributed by atoms with E-state index in [-0.39, 0.29) is 12.0 Å². The lowest BCUT2D eigenvalue weighted by molar-refractivity contribution is 0.364. The predicted octanol–water partition coefficient (Wildman–Crippen LogP) is 2.26. The van der Waals surface area contributed by atoms with Gasteiger partial charge in [-0.3, -0.25) is 4.98 Å². The smallest absolute Gasteiger partial charge is 0.234 e. The van der Waals surface area contributed by atoms with Crippen LogP contribution in [0.1, 0.15) is 18.2 Å². The second kappa shape index (κ2) is 4.62. The van der Waals surface area contributed by atoms with E-state index in [0.29, 0.717) is 17.4 Å². The van der Waals surface area contributed by atoms with Crippen molar-refractivity contribution in [2.24, 2.45) is 5.73 Å². The van der Waals surface area contributed by atoms with Crippen molar-refractivity contribution in [2.75, 3.05) is 0 Å². The molecule has 2 atom stereocenters. The van der Waals surface area contributed by atoms with Gasteiger partial charge in [0.05, 0.1) is 5.92 Å². The number of rotatable bonds is 2. The fourth-order valence-corrected chi connectivity index (χ4v) is 2.37. The Labute approximate surface area is 112 Å². The summed E-state index contributed by atoms with van der Waals surface area (Å²) in [4.78, 5) is 8.61. The Morgan fingerprint density at radius 3 is 3.00 bits per heavy atom. The van der Waals surface area contributed by atoms with E-state index in [4.69, 9.17) is 10.3 Å².